The SMILES string of the molecule is O=CC1CCN(c2cc(-c3cccc(OC4CCOCC4)c3)ccn2)CC1. The molecule has 2 saturated heterocycles. The van der Waals surface area contributed by atoms with Crippen LogP contribution in [0.15, 0.2) is 42.6 Å². The first-order chi connectivity index (χ1) is 13.3. The van der Waals surface area contributed by atoms with Crippen LogP contribution >= 0.6 is 0 Å². The number of benzene rings is 1. The van der Waals surface area contributed by atoms with Crippen molar-refractivity contribution in [2.24, 2.45) is 5.92 Å². The highest BCUT2D eigenvalue weighted by atomic mass is 16.5. The van der Waals surface area contributed by atoms with Gasteiger partial charge in [0.1, 0.15) is 24.0 Å². The lowest BCUT2D eigenvalue weighted by atomic mass is 9.98. The maximum absolute atomic E-state index is 11.0. The topological polar surface area (TPSA) is 51.7 Å². The number of hydrogen-bond donors (Lipinski definition) is 0. The average Bonchev–Trinajstić information content (AvgIpc) is 2.75. The maximum Gasteiger partial charge on any atom is 0.129 e. The van der Waals surface area contributed by atoms with Crippen LogP contribution in [0.1, 0.15) is 25.7 Å². The van der Waals surface area contributed by atoms with E-state index in [1.54, 1.807) is 0 Å². The van der Waals surface area contributed by atoms with Gasteiger partial charge >= 0.3 is 0 Å². The Balaban J connectivity index is 1.48. The number of ether oxygens (including phenoxy) is 2. The Labute approximate surface area is 160 Å². The molecule has 0 amide bonds. The summed E-state index contributed by atoms with van der Waals surface area (Å²) in [5.74, 6) is 2.08. The fourth-order valence-electron chi connectivity index (χ4n) is 3.77. The molecular formula is C22H26N2O3. The molecular weight excluding hydrogens is 340 g/mol. The van der Waals surface area contributed by atoms with Crippen LogP contribution in [-0.2, 0) is 9.53 Å². The minimum Gasteiger partial charge on any atom is -0.490 e. The van der Waals surface area contributed by atoms with E-state index in [1.807, 2.05) is 24.4 Å². The highest BCUT2D eigenvalue weighted by molar-refractivity contribution is 5.68. The lowest BCUT2D eigenvalue weighted by Crippen LogP contribution is -2.34. The molecule has 1 aromatic carbocycles. The molecule has 1 aromatic heterocycles. The van der Waals surface area contributed by atoms with Gasteiger partial charge in [0.25, 0.3) is 0 Å². The monoisotopic (exact) mass is 366 g/mol. The summed E-state index contributed by atoms with van der Waals surface area (Å²) in [6.07, 6.45) is 6.89. The maximum atomic E-state index is 11.0. The molecule has 0 bridgehead atoms. The van der Waals surface area contributed by atoms with Crippen LogP contribution in [0, 0.1) is 5.92 Å². The second-order valence-corrected chi connectivity index (χ2v) is 7.32. The van der Waals surface area contributed by atoms with Crippen molar-refractivity contribution < 1.29 is 14.3 Å². The number of rotatable bonds is 5. The van der Waals surface area contributed by atoms with Gasteiger partial charge in [0, 0.05) is 38.0 Å². The molecule has 0 spiro atoms. The van der Waals surface area contributed by atoms with E-state index in [9.17, 15) is 4.79 Å². The van der Waals surface area contributed by atoms with Crippen LogP contribution in [0.2, 0.25) is 0 Å². The van der Waals surface area contributed by atoms with E-state index < -0.39 is 0 Å². The number of aromatic nitrogens is 1. The molecule has 4 rings (SSSR count). The summed E-state index contributed by atoms with van der Waals surface area (Å²) < 4.78 is 11.6. The number of carbonyl (C=O) groups is 1. The summed E-state index contributed by atoms with van der Waals surface area (Å²) in [6.45, 7) is 3.32. The molecule has 0 unspecified atom stereocenters. The van der Waals surface area contributed by atoms with Crippen molar-refractivity contribution in [2.75, 3.05) is 31.2 Å². The third-order valence-corrected chi connectivity index (χ3v) is 5.44. The lowest BCUT2D eigenvalue weighted by Gasteiger charge is -2.30. The first kappa shape index (κ1) is 18.0. The normalized spacial score (nSPS) is 19.0. The van der Waals surface area contributed by atoms with Gasteiger partial charge in [-0.25, -0.2) is 4.98 Å². The summed E-state index contributed by atoms with van der Waals surface area (Å²) in [4.78, 5) is 17.8. The van der Waals surface area contributed by atoms with Crippen LogP contribution in [0.5, 0.6) is 5.75 Å². The summed E-state index contributed by atoms with van der Waals surface area (Å²) in [5.41, 5.74) is 2.26. The quantitative estimate of drug-likeness (QED) is 0.755. The van der Waals surface area contributed by atoms with E-state index in [0.717, 1.165) is 81.0 Å². The smallest absolute Gasteiger partial charge is 0.129 e. The van der Waals surface area contributed by atoms with Gasteiger partial charge in [-0.1, -0.05) is 12.1 Å². The Kier molecular flexibility index (Phi) is 5.68. The van der Waals surface area contributed by atoms with Gasteiger partial charge in [0.05, 0.1) is 13.2 Å². The number of hydrogen-bond acceptors (Lipinski definition) is 5. The Morgan fingerprint density at radius 3 is 2.59 bits per heavy atom. The highest BCUT2D eigenvalue weighted by Crippen LogP contribution is 2.29. The zero-order valence-electron chi connectivity index (χ0n) is 15.5. The van der Waals surface area contributed by atoms with Crippen molar-refractivity contribution in [2.45, 2.75) is 31.8 Å². The molecule has 5 heteroatoms. The third-order valence-electron chi connectivity index (χ3n) is 5.44. The molecule has 2 aliphatic rings. The fourth-order valence-corrected chi connectivity index (χ4v) is 3.77. The number of anilines is 1. The molecule has 2 aliphatic heterocycles. The molecule has 27 heavy (non-hydrogen) atoms. The Bertz CT molecular complexity index is 766. The van der Waals surface area contributed by atoms with Crippen molar-refractivity contribution in [3.63, 3.8) is 0 Å². The largest absolute Gasteiger partial charge is 0.490 e. The first-order valence-corrected chi connectivity index (χ1v) is 9.83. The van der Waals surface area contributed by atoms with Gasteiger partial charge in [-0.2, -0.15) is 0 Å². The Morgan fingerprint density at radius 1 is 1.04 bits per heavy atom. The van der Waals surface area contributed by atoms with E-state index >= 15 is 0 Å². The highest BCUT2D eigenvalue weighted by Gasteiger charge is 2.20. The number of aldehydes is 1. The zero-order valence-corrected chi connectivity index (χ0v) is 15.5. The molecule has 0 aliphatic carbocycles. The molecule has 0 radical (unpaired) electrons. The number of piperidine rings is 1. The number of pyridine rings is 1. The minimum atomic E-state index is 0.198. The van der Waals surface area contributed by atoms with Crippen molar-refractivity contribution in [3.8, 4) is 16.9 Å². The summed E-state index contributed by atoms with van der Waals surface area (Å²) >= 11 is 0. The standard InChI is InChI=1S/C22H26N2O3/c25-16-17-5-10-24(11-6-17)22-15-19(4-9-23-22)18-2-1-3-21(14-18)27-20-7-12-26-13-8-20/h1-4,9,14-17,20H,5-8,10-13H2. The first-order valence-electron chi connectivity index (χ1n) is 9.83. The lowest BCUT2D eigenvalue weighted by molar-refractivity contribution is -0.111. The molecule has 2 fully saturated rings. The summed E-state index contributed by atoms with van der Waals surface area (Å²) in [6, 6.07) is 12.4. The van der Waals surface area contributed by atoms with Crippen LogP contribution in [0.3, 0.4) is 0 Å². The van der Waals surface area contributed by atoms with E-state index in [0.29, 0.717) is 0 Å². The molecule has 142 valence electrons. The summed E-state index contributed by atoms with van der Waals surface area (Å²) in [5, 5.41) is 0. The van der Waals surface area contributed by atoms with Crippen molar-refractivity contribution in [1.82, 2.24) is 4.98 Å². The minimum absolute atomic E-state index is 0.198. The fraction of sp³-hybridized carbons (Fsp3) is 0.455. The molecule has 2 aromatic rings. The predicted molar refractivity (Wildman–Crippen MR) is 105 cm³/mol. The molecule has 3 heterocycles. The number of nitrogens with zero attached hydrogens (tertiary/aromatic N) is 2. The van der Waals surface area contributed by atoms with Crippen LogP contribution in [0.4, 0.5) is 5.82 Å². The zero-order chi connectivity index (χ0) is 18.5. The van der Waals surface area contributed by atoms with E-state index in [-0.39, 0.29) is 12.0 Å². The van der Waals surface area contributed by atoms with Crippen molar-refractivity contribution in [3.05, 3.63) is 42.6 Å². The van der Waals surface area contributed by atoms with E-state index in [4.69, 9.17) is 9.47 Å². The van der Waals surface area contributed by atoms with E-state index in [1.165, 1.54) is 0 Å². The Morgan fingerprint density at radius 2 is 1.81 bits per heavy atom. The molecule has 0 atom stereocenters. The predicted octanol–water partition coefficient (Wildman–Crippen LogP) is 3.72. The van der Waals surface area contributed by atoms with Gasteiger partial charge in [-0.15, -0.1) is 0 Å². The van der Waals surface area contributed by atoms with Crippen LogP contribution < -0.4 is 9.64 Å². The Hall–Kier alpha value is -2.40. The number of carbonyl (C=O) groups excluding carboxylic acids is 1. The van der Waals surface area contributed by atoms with Gasteiger partial charge in [0.2, 0.25) is 0 Å². The molecule has 0 saturated carbocycles. The van der Waals surface area contributed by atoms with Gasteiger partial charge in [0.15, 0.2) is 0 Å². The van der Waals surface area contributed by atoms with Crippen LogP contribution in [0.25, 0.3) is 11.1 Å². The molecule has 5 nitrogen and oxygen atoms in total. The van der Waals surface area contributed by atoms with E-state index in [2.05, 4.69) is 28.1 Å². The van der Waals surface area contributed by atoms with Gasteiger partial charge in [-0.3, -0.25) is 0 Å². The molecule has 0 N–H and O–H groups in total. The average molecular weight is 366 g/mol. The van der Waals surface area contributed by atoms with Gasteiger partial charge < -0.3 is 19.2 Å². The second-order valence-electron chi connectivity index (χ2n) is 7.32. The second kappa shape index (κ2) is 8.53. The van der Waals surface area contributed by atoms with Crippen molar-refractivity contribution >= 4 is 12.1 Å². The van der Waals surface area contributed by atoms with Crippen molar-refractivity contribution in [1.29, 1.82) is 0 Å². The van der Waals surface area contributed by atoms with Gasteiger partial charge in [-0.05, 0) is 48.2 Å². The van der Waals surface area contributed by atoms with Crippen LogP contribution in [-0.4, -0.2) is 43.7 Å². The third kappa shape index (κ3) is 4.48. The summed E-state index contributed by atoms with van der Waals surface area (Å²) in [7, 11) is 0.